The summed E-state index contributed by atoms with van der Waals surface area (Å²) >= 11 is 1.76. The molecule has 2 aromatic rings. The lowest BCUT2D eigenvalue weighted by Gasteiger charge is -2.19. The third kappa shape index (κ3) is 4.99. The van der Waals surface area contributed by atoms with Crippen molar-refractivity contribution in [3.63, 3.8) is 0 Å². The van der Waals surface area contributed by atoms with Crippen molar-refractivity contribution >= 4 is 11.3 Å². The molecule has 0 amide bonds. The van der Waals surface area contributed by atoms with Crippen LogP contribution in [0.1, 0.15) is 31.4 Å². The van der Waals surface area contributed by atoms with Crippen LogP contribution >= 0.6 is 11.3 Å². The zero-order valence-electron chi connectivity index (χ0n) is 12.2. The van der Waals surface area contributed by atoms with Crippen molar-refractivity contribution in [1.82, 2.24) is 5.32 Å². The molecule has 1 aromatic carbocycles. The Bertz CT molecular complexity index is 492. The van der Waals surface area contributed by atoms with Gasteiger partial charge < -0.3 is 10.4 Å². The van der Waals surface area contributed by atoms with Crippen LogP contribution in [0.15, 0.2) is 41.1 Å². The largest absolute Gasteiger partial charge is 0.508 e. The highest BCUT2D eigenvalue weighted by atomic mass is 32.1. The van der Waals surface area contributed by atoms with E-state index in [1.54, 1.807) is 23.5 Å². The Kier molecular flexibility index (Phi) is 5.62. The molecule has 2 unspecified atom stereocenters. The SMILES string of the molecule is CC(CCc1ccc(O)cc1)NC(C)Cc1ccsc1. The van der Waals surface area contributed by atoms with Crippen molar-refractivity contribution in [2.24, 2.45) is 0 Å². The molecule has 0 aliphatic rings. The van der Waals surface area contributed by atoms with Gasteiger partial charge in [-0.15, -0.1) is 0 Å². The third-order valence-electron chi connectivity index (χ3n) is 3.49. The summed E-state index contributed by atoms with van der Waals surface area (Å²) < 4.78 is 0. The third-order valence-corrected chi connectivity index (χ3v) is 4.23. The molecule has 2 N–H and O–H groups in total. The second kappa shape index (κ2) is 7.46. The van der Waals surface area contributed by atoms with Crippen LogP contribution in [-0.4, -0.2) is 17.2 Å². The van der Waals surface area contributed by atoms with Crippen LogP contribution in [0.4, 0.5) is 0 Å². The molecule has 0 saturated carbocycles. The molecule has 0 fully saturated rings. The highest BCUT2D eigenvalue weighted by Gasteiger charge is 2.08. The van der Waals surface area contributed by atoms with Crippen LogP contribution in [0, 0.1) is 0 Å². The molecule has 108 valence electrons. The highest BCUT2D eigenvalue weighted by molar-refractivity contribution is 7.07. The topological polar surface area (TPSA) is 32.3 Å². The summed E-state index contributed by atoms with van der Waals surface area (Å²) in [7, 11) is 0. The van der Waals surface area contributed by atoms with Crippen LogP contribution in [0.25, 0.3) is 0 Å². The predicted molar refractivity (Wildman–Crippen MR) is 86.5 cm³/mol. The smallest absolute Gasteiger partial charge is 0.115 e. The molecule has 2 rings (SSSR count). The van der Waals surface area contributed by atoms with Crippen LogP contribution in [0.5, 0.6) is 5.75 Å². The minimum absolute atomic E-state index is 0.337. The zero-order chi connectivity index (χ0) is 14.4. The maximum atomic E-state index is 9.26. The van der Waals surface area contributed by atoms with E-state index in [2.05, 4.69) is 36.0 Å². The second-order valence-corrected chi connectivity index (χ2v) is 6.29. The molecule has 20 heavy (non-hydrogen) atoms. The molecule has 0 radical (unpaired) electrons. The second-order valence-electron chi connectivity index (χ2n) is 5.51. The van der Waals surface area contributed by atoms with Gasteiger partial charge in [-0.3, -0.25) is 0 Å². The molecule has 0 aliphatic carbocycles. The normalized spacial score (nSPS) is 14.1. The first-order valence-electron chi connectivity index (χ1n) is 7.18. The Morgan fingerprint density at radius 1 is 1.05 bits per heavy atom. The fourth-order valence-electron chi connectivity index (χ4n) is 2.44. The Labute approximate surface area is 125 Å². The van der Waals surface area contributed by atoms with E-state index in [9.17, 15) is 5.11 Å². The molecule has 2 atom stereocenters. The minimum Gasteiger partial charge on any atom is -0.508 e. The lowest BCUT2D eigenvalue weighted by molar-refractivity contribution is 0.444. The first-order chi connectivity index (χ1) is 9.63. The first kappa shape index (κ1) is 15.1. The zero-order valence-corrected chi connectivity index (χ0v) is 13.0. The molecule has 2 nitrogen and oxygen atoms in total. The quantitative estimate of drug-likeness (QED) is 0.807. The van der Waals surface area contributed by atoms with E-state index >= 15 is 0 Å². The maximum Gasteiger partial charge on any atom is 0.115 e. The summed E-state index contributed by atoms with van der Waals surface area (Å²) in [5.74, 6) is 0.337. The van der Waals surface area contributed by atoms with E-state index in [4.69, 9.17) is 0 Å². The summed E-state index contributed by atoms with van der Waals surface area (Å²) in [6, 6.07) is 10.7. The molecule has 3 heteroatoms. The van der Waals surface area contributed by atoms with Gasteiger partial charge in [0.05, 0.1) is 0 Å². The van der Waals surface area contributed by atoms with Gasteiger partial charge in [-0.2, -0.15) is 11.3 Å². The van der Waals surface area contributed by atoms with Gasteiger partial charge in [0.1, 0.15) is 5.75 Å². The summed E-state index contributed by atoms with van der Waals surface area (Å²) in [5, 5.41) is 17.3. The van der Waals surface area contributed by atoms with Gasteiger partial charge in [0.2, 0.25) is 0 Å². The van der Waals surface area contributed by atoms with Crippen LogP contribution in [-0.2, 0) is 12.8 Å². The molecular weight excluding hydrogens is 266 g/mol. The molecule has 0 bridgehead atoms. The van der Waals surface area contributed by atoms with E-state index in [0.717, 1.165) is 19.3 Å². The van der Waals surface area contributed by atoms with Crippen molar-refractivity contribution < 1.29 is 5.11 Å². The number of aromatic hydroxyl groups is 1. The average Bonchev–Trinajstić information content (AvgIpc) is 2.90. The molecule has 0 aliphatic heterocycles. The lowest BCUT2D eigenvalue weighted by Crippen LogP contribution is -2.36. The predicted octanol–water partition coefficient (Wildman–Crippen LogP) is 4.00. The highest BCUT2D eigenvalue weighted by Crippen LogP contribution is 2.13. The summed E-state index contributed by atoms with van der Waals surface area (Å²) in [6.45, 7) is 4.49. The minimum atomic E-state index is 0.337. The molecular formula is C17H23NOS. The summed E-state index contributed by atoms with van der Waals surface area (Å²) in [6.07, 6.45) is 3.24. The van der Waals surface area contributed by atoms with Gasteiger partial charge in [0.15, 0.2) is 0 Å². The molecule has 0 spiro atoms. The van der Waals surface area contributed by atoms with Crippen LogP contribution < -0.4 is 5.32 Å². The van der Waals surface area contributed by atoms with E-state index in [1.807, 2.05) is 12.1 Å². The van der Waals surface area contributed by atoms with E-state index < -0.39 is 0 Å². The fraction of sp³-hybridized carbons (Fsp3) is 0.412. The lowest BCUT2D eigenvalue weighted by atomic mass is 10.0. The standard InChI is InChI=1S/C17H23NOS/c1-13(3-4-15-5-7-17(19)8-6-15)18-14(2)11-16-9-10-20-12-16/h5-10,12-14,18-19H,3-4,11H2,1-2H3. The summed E-state index contributed by atoms with van der Waals surface area (Å²) in [4.78, 5) is 0. The number of hydrogen-bond acceptors (Lipinski definition) is 3. The first-order valence-corrected chi connectivity index (χ1v) is 8.13. The van der Waals surface area contributed by atoms with Crippen molar-refractivity contribution in [3.8, 4) is 5.75 Å². The van der Waals surface area contributed by atoms with Gasteiger partial charge in [0, 0.05) is 12.1 Å². The van der Waals surface area contributed by atoms with Crippen LogP contribution in [0.2, 0.25) is 0 Å². The van der Waals surface area contributed by atoms with E-state index in [0.29, 0.717) is 17.8 Å². The van der Waals surface area contributed by atoms with Crippen molar-refractivity contribution in [2.75, 3.05) is 0 Å². The monoisotopic (exact) mass is 289 g/mol. The number of aryl methyl sites for hydroxylation is 1. The Morgan fingerprint density at radius 3 is 2.45 bits per heavy atom. The number of rotatable bonds is 7. The van der Waals surface area contributed by atoms with Gasteiger partial charge in [-0.25, -0.2) is 0 Å². The molecule has 1 heterocycles. The van der Waals surface area contributed by atoms with Gasteiger partial charge >= 0.3 is 0 Å². The molecule has 1 aromatic heterocycles. The van der Waals surface area contributed by atoms with Crippen molar-refractivity contribution in [2.45, 2.75) is 45.2 Å². The van der Waals surface area contributed by atoms with Crippen molar-refractivity contribution in [3.05, 3.63) is 52.2 Å². The number of hydrogen-bond donors (Lipinski definition) is 2. The number of benzene rings is 1. The fourth-order valence-corrected chi connectivity index (χ4v) is 3.12. The van der Waals surface area contributed by atoms with Crippen molar-refractivity contribution in [1.29, 1.82) is 0 Å². The van der Waals surface area contributed by atoms with Gasteiger partial charge in [-0.1, -0.05) is 12.1 Å². The Morgan fingerprint density at radius 2 is 1.80 bits per heavy atom. The van der Waals surface area contributed by atoms with Gasteiger partial charge in [0.25, 0.3) is 0 Å². The Balaban J connectivity index is 1.71. The number of nitrogens with one attached hydrogen (secondary N) is 1. The number of phenols is 1. The maximum absolute atomic E-state index is 9.26. The van der Waals surface area contributed by atoms with Gasteiger partial charge in [-0.05, 0) is 73.2 Å². The average molecular weight is 289 g/mol. The number of thiophene rings is 1. The van der Waals surface area contributed by atoms with E-state index in [1.165, 1.54) is 11.1 Å². The number of phenolic OH excluding ortho intramolecular Hbond substituents is 1. The molecule has 0 saturated heterocycles. The Hall–Kier alpha value is -1.32. The van der Waals surface area contributed by atoms with E-state index in [-0.39, 0.29) is 0 Å². The summed E-state index contributed by atoms with van der Waals surface area (Å²) in [5.41, 5.74) is 2.70. The van der Waals surface area contributed by atoms with Crippen LogP contribution in [0.3, 0.4) is 0 Å².